The molecule has 1 aliphatic heterocycles. The van der Waals surface area contributed by atoms with Crippen LogP contribution in [0.5, 0.6) is 0 Å². The summed E-state index contributed by atoms with van der Waals surface area (Å²) >= 11 is 0. The Hall–Kier alpha value is -2.13. The summed E-state index contributed by atoms with van der Waals surface area (Å²) in [5.74, 6) is 0.0750. The van der Waals surface area contributed by atoms with Gasteiger partial charge in [-0.15, -0.1) is 0 Å². The first kappa shape index (κ1) is 13.8. The van der Waals surface area contributed by atoms with E-state index in [9.17, 15) is 4.79 Å². The van der Waals surface area contributed by atoms with Crippen molar-refractivity contribution in [1.82, 2.24) is 10.6 Å². The fourth-order valence-corrected chi connectivity index (χ4v) is 2.77. The van der Waals surface area contributed by atoms with Crippen molar-refractivity contribution in [1.29, 1.82) is 0 Å². The Labute approximate surface area is 125 Å². The van der Waals surface area contributed by atoms with E-state index >= 15 is 0 Å². The van der Waals surface area contributed by atoms with Crippen LogP contribution in [-0.2, 0) is 24.3 Å². The van der Waals surface area contributed by atoms with Gasteiger partial charge in [0.05, 0.1) is 6.04 Å². The fraction of sp³-hybridized carbons (Fsp3) is 0.278. The number of hydrogen-bond acceptors (Lipinski definition) is 2. The molecule has 1 heterocycles. The summed E-state index contributed by atoms with van der Waals surface area (Å²) in [6.07, 6.45) is 0.760. The van der Waals surface area contributed by atoms with Crippen molar-refractivity contribution >= 4 is 5.91 Å². The van der Waals surface area contributed by atoms with Gasteiger partial charge in [-0.05, 0) is 30.0 Å². The van der Waals surface area contributed by atoms with Crippen LogP contribution < -0.4 is 10.6 Å². The largest absolute Gasteiger partial charge is 0.351 e. The number of fused-ring (bicyclic) bond motifs is 1. The monoisotopic (exact) mass is 280 g/mol. The second kappa shape index (κ2) is 6.10. The first-order valence-electron chi connectivity index (χ1n) is 7.36. The maximum atomic E-state index is 12.3. The molecule has 1 amide bonds. The lowest BCUT2D eigenvalue weighted by atomic mass is 9.95. The highest BCUT2D eigenvalue weighted by molar-refractivity contribution is 5.82. The number of carbonyl (C=O) groups excluding carboxylic acids is 1. The number of aryl methyl sites for hydroxylation is 1. The molecular weight excluding hydrogens is 260 g/mol. The highest BCUT2D eigenvalue weighted by Crippen LogP contribution is 2.16. The van der Waals surface area contributed by atoms with Crippen molar-refractivity contribution in [3.63, 3.8) is 0 Å². The minimum Gasteiger partial charge on any atom is -0.351 e. The average molecular weight is 280 g/mol. The van der Waals surface area contributed by atoms with Crippen molar-refractivity contribution in [2.45, 2.75) is 32.5 Å². The predicted molar refractivity (Wildman–Crippen MR) is 83.8 cm³/mol. The Morgan fingerprint density at radius 2 is 2.00 bits per heavy atom. The van der Waals surface area contributed by atoms with E-state index < -0.39 is 0 Å². The lowest BCUT2D eigenvalue weighted by Crippen LogP contribution is -2.47. The number of amides is 1. The molecule has 1 atom stereocenters. The normalized spacial score (nSPS) is 17.1. The number of carbonyl (C=O) groups is 1. The van der Waals surface area contributed by atoms with Gasteiger partial charge in [0.2, 0.25) is 5.91 Å². The van der Waals surface area contributed by atoms with Crippen LogP contribution in [0.1, 0.15) is 22.3 Å². The van der Waals surface area contributed by atoms with Gasteiger partial charge in [-0.1, -0.05) is 54.1 Å². The minimum absolute atomic E-state index is 0.0750. The molecule has 0 saturated heterocycles. The smallest absolute Gasteiger partial charge is 0.237 e. The quantitative estimate of drug-likeness (QED) is 0.906. The van der Waals surface area contributed by atoms with E-state index in [-0.39, 0.29) is 11.9 Å². The number of nitrogens with one attached hydrogen (secondary N) is 2. The SMILES string of the molecule is Cc1cccc(CNC(=O)[C@H]2Cc3ccccc3CN2)c1. The molecule has 1 aliphatic rings. The highest BCUT2D eigenvalue weighted by Gasteiger charge is 2.23. The summed E-state index contributed by atoms with van der Waals surface area (Å²) in [5.41, 5.74) is 4.92. The third-order valence-corrected chi connectivity index (χ3v) is 3.95. The van der Waals surface area contributed by atoms with Crippen molar-refractivity contribution in [2.24, 2.45) is 0 Å². The molecule has 3 nitrogen and oxygen atoms in total. The zero-order chi connectivity index (χ0) is 14.7. The van der Waals surface area contributed by atoms with Gasteiger partial charge in [-0.25, -0.2) is 0 Å². The molecule has 3 heteroatoms. The van der Waals surface area contributed by atoms with Gasteiger partial charge >= 0.3 is 0 Å². The molecule has 0 radical (unpaired) electrons. The van der Waals surface area contributed by atoms with E-state index in [1.165, 1.54) is 16.7 Å². The second-order valence-electron chi connectivity index (χ2n) is 5.61. The maximum Gasteiger partial charge on any atom is 0.237 e. The summed E-state index contributed by atoms with van der Waals surface area (Å²) in [4.78, 5) is 12.3. The molecule has 0 spiro atoms. The Balaban J connectivity index is 1.59. The molecule has 3 rings (SSSR count). The van der Waals surface area contributed by atoms with Crippen LogP contribution in [0.15, 0.2) is 48.5 Å². The fourth-order valence-electron chi connectivity index (χ4n) is 2.77. The van der Waals surface area contributed by atoms with Crippen molar-refractivity contribution < 1.29 is 4.79 Å². The molecule has 108 valence electrons. The van der Waals surface area contributed by atoms with Gasteiger partial charge < -0.3 is 10.6 Å². The summed E-state index contributed by atoms with van der Waals surface area (Å²) in [5, 5.41) is 6.34. The van der Waals surface area contributed by atoms with E-state index in [0.29, 0.717) is 6.54 Å². The van der Waals surface area contributed by atoms with Crippen LogP contribution in [0.25, 0.3) is 0 Å². The molecule has 0 aromatic heterocycles. The van der Waals surface area contributed by atoms with Gasteiger partial charge in [0, 0.05) is 13.1 Å². The molecule has 0 unspecified atom stereocenters. The van der Waals surface area contributed by atoms with Gasteiger partial charge in [0.1, 0.15) is 0 Å². The van der Waals surface area contributed by atoms with Crippen LogP contribution in [0.2, 0.25) is 0 Å². The Bertz CT molecular complexity index is 651. The van der Waals surface area contributed by atoms with Crippen molar-refractivity contribution in [2.75, 3.05) is 0 Å². The van der Waals surface area contributed by atoms with E-state index in [0.717, 1.165) is 18.5 Å². The standard InChI is InChI=1S/C18H20N2O/c1-13-5-4-6-14(9-13)11-20-18(21)17-10-15-7-2-3-8-16(15)12-19-17/h2-9,17,19H,10-12H2,1H3,(H,20,21)/t17-/m1/s1. The summed E-state index contributed by atoms with van der Waals surface area (Å²) in [7, 11) is 0. The van der Waals surface area contributed by atoms with E-state index in [1.54, 1.807) is 0 Å². The van der Waals surface area contributed by atoms with E-state index in [4.69, 9.17) is 0 Å². The van der Waals surface area contributed by atoms with Crippen molar-refractivity contribution in [3.05, 3.63) is 70.8 Å². The Kier molecular flexibility index (Phi) is 4.02. The Morgan fingerprint density at radius 1 is 1.19 bits per heavy atom. The summed E-state index contributed by atoms with van der Waals surface area (Å²) in [6, 6.07) is 16.4. The minimum atomic E-state index is -0.135. The molecule has 0 bridgehead atoms. The molecule has 2 aromatic carbocycles. The predicted octanol–water partition coefficient (Wildman–Crippen LogP) is 2.33. The maximum absolute atomic E-state index is 12.3. The first-order chi connectivity index (χ1) is 10.2. The number of hydrogen-bond donors (Lipinski definition) is 2. The Morgan fingerprint density at radius 3 is 2.81 bits per heavy atom. The molecule has 0 saturated carbocycles. The number of rotatable bonds is 3. The molecule has 2 aromatic rings. The topological polar surface area (TPSA) is 41.1 Å². The molecule has 0 aliphatic carbocycles. The van der Waals surface area contributed by atoms with Gasteiger partial charge in [0.15, 0.2) is 0 Å². The lowest BCUT2D eigenvalue weighted by molar-refractivity contribution is -0.123. The molecule has 2 N–H and O–H groups in total. The zero-order valence-corrected chi connectivity index (χ0v) is 12.2. The summed E-state index contributed by atoms with van der Waals surface area (Å²) in [6.45, 7) is 3.41. The van der Waals surface area contributed by atoms with Crippen LogP contribution in [0.4, 0.5) is 0 Å². The second-order valence-corrected chi connectivity index (χ2v) is 5.61. The van der Waals surface area contributed by atoms with E-state index in [2.05, 4.69) is 41.8 Å². The zero-order valence-electron chi connectivity index (χ0n) is 12.2. The van der Waals surface area contributed by atoms with E-state index in [1.807, 2.05) is 24.3 Å². The molecule has 0 fully saturated rings. The van der Waals surface area contributed by atoms with Crippen LogP contribution in [-0.4, -0.2) is 11.9 Å². The molecule has 21 heavy (non-hydrogen) atoms. The molecular formula is C18H20N2O. The highest BCUT2D eigenvalue weighted by atomic mass is 16.2. The number of benzene rings is 2. The van der Waals surface area contributed by atoms with Crippen LogP contribution in [0.3, 0.4) is 0 Å². The lowest BCUT2D eigenvalue weighted by Gasteiger charge is -2.25. The summed E-state index contributed by atoms with van der Waals surface area (Å²) < 4.78 is 0. The first-order valence-corrected chi connectivity index (χ1v) is 7.36. The van der Waals surface area contributed by atoms with Crippen LogP contribution >= 0.6 is 0 Å². The van der Waals surface area contributed by atoms with Crippen LogP contribution in [0, 0.1) is 6.92 Å². The third kappa shape index (κ3) is 3.31. The average Bonchev–Trinajstić information content (AvgIpc) is 2.52. The van der Waals surface area contributed by atoms with Gasteiger partial charge in [-0.2, -0.15) is 0 Å². The van der Waals surface area contributed by atoms with Gasteiger partial charge in [-0.3, -0.25) is 4.79 Å². The van der Waals surface area contributed by atoms with Gasteiger partial charge in [0.25, 0.3) is 0 Å². The van der Waals surface area contributed by atoms with Crippen molar-refractivity contribution in [3.8, 4) is 0 Å². The third-order valence-electron chi connectivity index (χ3n) is 3.95.